The number of amides is 1. The number of nitrogen functional groups attached to an aromatic ring is 1. The molecule has 1 aromatic carbocycles. The van der Waals surface area contributed by atoms with Crippen LogP contribution in [0.5, 0.6) is 0 Å². The van der Waals surface area contributed by atoms with Gasteiger partial charge in [-0.3, -0.25) is 9.78 Å². The Morgan fingerprint density at radius 1 is 1.17 bits per heavy atom. The Hall–Kier alpha value is -1.49. The smallest absolute Gasteiger partial charge is 0.253 e. The summed E-state index contributed by atoms with van der Waals surface area (Å²) in [6, 6.07) is 10.8. The minimum absolute atomic E-state index is 0. The molecule has 0 saturated heterocycles. The standard InChI is InChI=1S/C16H18ClN3O.2ClH/c17-12-7-8-14(15(18)11-12)16(21)20-10-4-2-6-13-5-1-3-9-19-13;;/h1,3,5,7-9,11H,2,4,6,10,18H2,(H,20,21);2*1H. The van der Waals surface area contributed by atoms with Crippen molar-refractivity contribution in [3.8, 4) is 0 Å². The number of pyridine rings is 1. The van der Waals surface area contributed by atoms with Gasteiger partial charge in [-0.05, 0) is 49.6 Å². The number of unbranched alkanes of at least 4 members (excludes halogenated alkanes) is 1. The van der Waals surface area contributed by atoms with E-state index in [9.17, 15) is 4.79 Å². The molecule has 2 aromatic rings. The van der Waals surface area contributed by atoms with E-state index in [2.05, 4.69) is 10.3 Å². The summed E-state index contributed by atoms with van der Waals surface area (Å²) >= 11 is 5.81. The lowest BCUT2D eigenvalue weighted by molar-refractivity contribution is 0.0954. The van der Waals surface area contributed by atoms with Crippen molar-refractivity contribution in [2.24, 2.45) is 0 Å². The van der Waals surface area contributed by atoms with Gasteiger partial charge in [0.05, 0.1) is 5.56 Å². The molecule has 0 radical (unpaired) electrons. The number of benzene rings is 1. The fourth-order valence-electron chi connectivity index (χ4n) is 2.01. The predicted molar refractivity (Wildman–Crippen MR) is 99.9 cm³/mol. The minimum Gasteiger partial charge on any atom is -0.398 e. The molecule has 1 amide bonds. The lowest BCUT2D eigenvalue weighted by Crippen LogP contribution is -2.25. The first-order valence-electron chi connectivity index (χ1n) is 6.90. The van der Waals surface area contributed by atoms with Gasteiger partial charge in [-0.2, -0.15) is 0 Å². The Morgan fingerprint density at radius 2 is 1.96 bits per heavy atom. The number of aromatic nitrogens is 1. The van der Waals surface area contributed by atoms with Gasteiger partial charge in [0.2, 0.25) is 0 Å². The molecule has 126 valence electrons. The lowest BCUT2D eigenvalue weighted by atomic mass is 10.1. The summed E-state index contributed by atoms with van der Waals surface area (Å²) in [5.41, 5.74) is 7.71. The summed E-state index contributed by atoms with van der Waals surface area (Å²) in [7, 11) is 0. The SMILES string of the molecule is Cl.Cl.Nc1cc(Cl)ccc1C(=O)NCCCCc1ccccn1. The Kier molecular flexibility index (Phi) is 10.4. The molecule has 0 fully saturated rings. The van der Waals surface area contributed by atoms with Gasteiger partial charge in [0.25, 0.3) is 5.91 Å². The van der Waals surface area contributed by atoms with E-state index >= 15 is 0 Å². The maximum Gasteiger partial charge on any atom is 0.253 e. The summed E-state index contributed by atoms with van der Waals surface area (Å²) in [6.07, 6.45) is 4.59. The Bertz CT molecular complexity index is 609. The van der Waals surface area contributed by atoms with Gasteiger partial charge < -0.3 is 11.1 Å². The average molecular weight is 377 g/mol. The highest BCUT2D eigenvalue weighted by molar-refractivity contribution is 6.31. The van der Waals surface area contributed by atoms with E-state index in [1.807, 2.05) is 18.2 Å². The van der Waals surface area contributed by atoms with Crippen LogP contribution in [0.1, 0.15) is 28.9 Å². The molecule has 2 rings (SSSR count). The molecule has 7 heteroatoms. The Balaban J connectivity index is 0.00000242. The second-order valence-corrected chi connectivity index (χ2v) is 5.20. The van der Waals surface area contributed by atoms with E-state index in [4.69, 9.17) is 17.3 Å². The monoisotopic (exact) mass is 375 g/mol. The maximum absolute atomic E-state index is 12.0. The van der Waals surface area contributed by atoms with Gasteiger partial charge in [-0.1, -0.05) is 17.7 Å². The summed E-state index contributed by atoms with van der Waals surface area (Å²) in [5, 5.41) is 3.39. The Labute approximate surface area is 153 Å². The number of carbonyl (C=O) groups excluding carboxylic acids is 1. The molecule has 23 heavy (non-hydrogen) atoms. The van der Waals surface area contributed by atoms with Gasteiger partial charge in [0.1, 0.15) is 0 Å². The fourth-order valence-corrected chi connectivity index (χ4v) is 2.20. The molecule has 4 nitrogen and oxygen atoms in total. The van der Waals surface area contributed by atoms with Gasteiger partial charge >= 0.3 is 0 Å². The van der Waals surface area contributed by atoms with Crippen LogP contribution in [0.4, 0.5) is 5.69 Å². The van der Waals surface area contributed by atoms with E-state index < -0.39 is 0 Å². The molecule has 0 bridgehead atoms. The number of aryl methyl sites for hydroxylation is 1. The first-order valence-corrected chi connectivity index (χ1v) is 7.28. The first-order chi connectivity index (χ1) is 10.2. The zero-order chi connectivity index (χ0) is 15.1. The Morgan fingerprint density at radius 3 is 2.61 bits per heavy atom. The minimum atomic E-state index is -0.165. The van der Waals surface area contributed by atoms with Crippen molar-refractivity contribution >= 4 is 48.0 Å². The quantitative estimate of drug-likeness (QED) is 0.593. The fraction of sp³-hybridized carbons (Fsp3) is 0.250. The third-order valence-corrected chi connectivity index (χ3v) is 3.36. The molecule has 0 atom stereocenters. The van der Waals surface area contributed by atoms with Crippen LogP contribution in [-0.2, 0) is 6.42 Å². The number of nitrogens with one attached hydrogen (secondary N) is 1. The number of hydrogen-bond acceptors (Lipinski definition) is 3. The third-order valence-electron chi connectivity index (χ3n) is 3.13. The first kappa shape index (κ1) is 21.5. The molecule has 0 unspecified atom stereocenters. The van der Waals surface area contributed by atoms with Gasteiger partial charge in [0, 0.05) is 29.1 Å². The molecular formula is C16H20Cl3N3O. The number of rotatable bonds is 6. The molecule has 3 N–H and O–H groups in total. The predicted octanol–water partition coefficient (Wildman–Crippen LogP) is 3.91. The molecule has 0 spiro atoms. The highest BCUT2D eigenvalue weighted by Crippen LogP contribution is 2.17. The highest BCUT2D eigenvalue weighted by Gasteiger charge is 2.09. The van der Waals surface area contributed by atoms with Crippen LogP contribution >= 0.6 is 36.4 Å². The van der Waals surface area contributed by atoms with Crippen LogP contribution in [0.15, 0.2) is 42.6 Å². The number of anilines is 1. The van der Waals surface area contributed by atoms with Crippen LogP contribution in [0.25, 0.3) is 0 Å². The maximum atomic E-state index is 12.0. The summed E-state index contributed by atoms with van der Waals surface area (Å²) in [4.78, 5) is 16.2. The number of halogens is 3. The normalized spacial score (nSPS) is 9.43. The second kappa shape index (κ2) is 11.1. The van der Waals surface area contributed by atoms with Crippen molar-refractivity contribution < 1.29 is 4.79 Å². The summed E-state index contributed by atoms with van der Waals surface area (Å²) in [6.45, 7) is 0.619. The number of hydrogen-bond donors (Lipinski definition) is 2. The highest BCUT2D eigenvalue weighted by atomic mass is 35.5. The topological polar surface area (TPSA) is 68.0 Å². The van der Waals surface area contributed by atoms with E-state index in [1.54, 1.807) is 24.4 Å². The summed E-state index contributed by atoms with van der Waals surface area (Å²) in [5.74, 6) is -0.165. The zero-order valence-electron chi connectivity index (χ0n) is 12.5. The van der Waals surface area contributed by atoms with Crippen LogP contribution in [0.2, 0.25) is 5.02 Å². The van der Waals surface area contributed by atoms with Crippen LogP contribution in [0.3, 0.4) is 0 Å². The van der Waals surface area contributed by atoms with Crippen molar-refractivity contribution in [2.75, 3.05) is 12.3 Å². The van der Waals surface area contributed by atoms with Gasteiger partial charge in [-0.25, -0.2) is 0 Å². The molecule has 0 saturated carbocycles. The molecule has 1 heterocycles. The lowest BCUT2D eigenvalue weighted by Gasteiger charge is -2.07. The molecule has 0 aliphatic heterocycles. The number of nitrogens with zero attached hydrogens (tertiary/aromatic N) is 1. The second-order valence-electron chi connectivity index (χ2n) is 4.77. The average Bonchev–Trinajstić information content (AvgIpc) is 2.47. The van der Waals surface area contributed by atoms with Gasteiger partial charge in [0.15, 0.2) is 0 Å². The van der Waals surface area contributed by atoms with E-state index in [0.717, 1.165) is 25.0 Å². The largest absolute Gasteiger partial charge is 0.398 e. The van der Waals surface area contributed by atoms with Crippen molar-refractivity contribution in [3.63, 3.8) is 0 Å². The van der Waals surface area contributed by atoms with E-state index in [1.165, 1.54) is 0 Å². The zero-order valence-corrected chi connectivity index (χ0v) is 14.9. The molecule has 0 aliphatic carbocycles. The van der Waals surface area contributed by atoms with Crippen LogP contribution in [-0.4, -0.2) is 17.4 Å². The van der Waals surface area contributed by atoms with Crippen molar-refractivity contribution in [1.29, 1.82) is 0 Å². The van der Waals surface area contributed by atoms with Crippen molar-refractivity contribution in [2.45, 2.75) is 19.3 Å². The third kappa shape index (κ3) is 7.08. The molecular weight excluding hydrogens is 357 g/mol. The van der Waals surface area contributed by atoms with E-state index in [0.29, 0.717) is 22.8 Å². The van der Waals surface area contributed by atoms with Crippen LogP contribution < -0.4 is 11.1 Å². The summed E-state index contributed by atoms with van der Waals surface area (Å²) < 4.78 is 0. The van der Waals surface area contributed by atoms with Gasteiger partial charge in [-0.15, -0.1) is 24.8 Å². The van der Waals surface area contributed by atoms with Crippen molar-refractivity contribution in [1.82, 2.24) is 10.3 Å². The number of carbonyl (C=O) groups is 1. The molecule has 1 aromatic heterocycles. The number of nitrogens with two attached hydrogens (primary N) is 1. The van der Waals surface area contributed by atoms with E-state index in [-0.39, 0.29) is 30.7 Å². The van der Waals surface area contributed by atoms with Crippen LogP contribution in [0, 0.1) is 0 Å². The van der Waals surface area contributed by atoms with Crippen molar-refractivity contribution in [3.05, 3.63) is 58.9 Å². The molecule has 0 aliphatic rings.